The Bertz CT molecular complexity index is 1040. The van der Waals surface area contributed by atoms with Crippen molar-refractivity contribution >= 4 is 5.97 Å². The molecule has 0 fully saturated rings. The van der Waals surface area contributed by atoms with Gasteiger partial charge in [-0.1, -0.05) is 101 Å². The average molecular weight is 475 g/mol. The fourth-order valence-electron chi connectivity index (χ4n) is 4.29. The number of hydrogen-bond acceptors (Lipinski definition) is 2. The molecular weight excluding hydrogens is 435 g/mol. The molecule has 0 amide bonds. The monoisotopic (exact) mass is 474 g/mol. The predicted molar refractivity (Wildman–Crippen MR) is 144 cm³/mol. The van der Waals surface area contributed by atoms with Crippen molar-refractivity contribution in [3.8, 4) is 16.9 Å². The summed E-state index contributed by atoms with van der Waals surface area (Å²) in [6.07, 6.45) is 13.1. The maximum absolute atomic E-state index is 14.4. The van der Waals surface area contributed by atoms with Gasteiger partial charge in [0.05, 0.1) is 5.56 Å². The van der Waals surface area contributed by atoms with E-state index >= 15 is 0 Å². The highest BCUT2D eigenvalue weighted by Crippen LogP contribution is 2.24. The summed E-state index contributed by atoms with van der Waals surface area (Å²) in [7, 11) is 0. The van der Waals surface area contributed by atoms with E-state index in [9.17, 15) is 9.18 Å². The Balaban J connectivity index is 1.52. The van der Waals surface area contributed by atoms with E-state index < -0.39 is 11.8 Å². The summed E-state index contributed by atoms with van der Waals surface area (Å²) >= 11 is 0. The molecule has 186 valence electrons. The first-order chi connectivity index (χ1) is 17.1. The third-order valence-electron chi connectivity index (χ3n) is 6.49. The minimum atomic E-state index is -0.552. The number of benzene rings is 3. The lowest BCUT2D eigenvalue weighted by atomic mass is 10.00. The second-order valence-corrected chi connectivity index (χ2v) is 9.40. The van der Waals surface area contributed by atoms with E-state index in [4.69, 9.17) is 4.74 Å². The Labute approximate surface area is 210 Å². The molecule has 35 heavy (non-hydrogen) atoms. The third kappa shape index (κ3) is 8.65. The lowest BCUT2D eigenvalue weighted by molar-refractivity contribution is 0.0728. The molecule has 3 heteroatoms. The van der Waals surface area contributed by atoms with Crippen molar-refractivity contribution in [2.75, 3.05) is 0 Å². The molecule has 3 rings (SSSR count). The highest BCUT2D eigenvalue weighted by Gasteiger charge is 2.13. The number of aryl methyl sites for hydroxylation is 2. The standard InChI is InChI=1S/C32H39FO2/c1-3-5-7-8-9-11-12-25-14-17-27(18-15-25)28-19-21-29(22-20-28)32(34)35-31-23-16-26(24-30(31)33)13-10-6-4-2/h14-24H,3-13H2,1-2H3. The Morgan fingerprint density at radius 3 is 1.83 bits per heavy atom. The number of ether oxygens (including phenoxy) is 1. The van der Waals surface area contributed by atoms with Gasteiger partial charge >= 0.3 is 5.97 Å². The quantitative estimate of drug-likeness (QED) is 0.132. The van der Waals surface area contributed by atoms with E-state index in [2.05, 4.69) is 38.1 Å². The number of hydrogen-bond donors (Lipinski definition) is 0. The molecule has 0 saturated carbocycles. The van der Waals surface area contributed by atoms with Crippen molar-refractivity contribution < 1.29 is 13.9 Å². The van der Waals surface area contributed by atoms with Gasteiger partial charge in [0.1, 0.15) is 0 Å². The van der Waals surface area contributed by atoms with Crippen LogP contribution in [-0.4, -0.2) is 5.97 Å². The van der Waals surface area contributed by atoms with Crippen LogP contribution in [0.5, 0.6) is 5.75 Å². The lowest BCUT2D eigenvalue weighted by Crippen LogP contribution is -2.09. The maximum Gasteiger partial charge on any atom is 0.343 e. The molecule has 0 saturated heterocycles. The minimum Gasteiger partial charge on any atom is -0.420 e. The highest BCUT2D eigenvalue weighted by atomic mass is 19.1. The van der Waals surface area contributed by atoms with Gasteiger partial charge in [0.15, 0.2) is 11.6 Å². The molecule has 3 aromatic carbocycles. The van der Waals surface area contributed by atoms with Crippen LogP contribution in [0, 0.1) is 5.82 Å². The minimum absolute atomic E-state index is 0.0285. The topological polar surface area (TPSA) is 26.3 Å². The first kappa shape index (κ1) is 26.7. The first-order valence-corrected chi connectivity index (χ1v) is 13.3. The molecule has 0 atom stereocenters. The van der Waals surface area contributed by atoms with Gasteiger partial charge in [-0.05, 0) is 72.2 Å². The molecule has 0 aromatic heterocycles. The summed E-state index contributed by atoms with van der Waals surface area (Å²) in [5.41, 5.74) is 4.84. The zero-order valence-corrected chi connectivity index (χ0v) is 21.3. The van der Waals surface area contributed by atoms with Gasteiger partial charge < -0.3 is 4.74 Å². The summed E-state index contributed by atoms with van der Waals surface area (Å²) in [5.74, 6) is -1.08. The number of carbonyl (C=O) groups is 1. The Kier molecular flexibility index (Phi) is 11.0. The molecule has 2 nitrogen and oxygen atoms in total. The van der Waals surface area contributed by atoms with Crippen LogP contribution in [-0.2, 0) is 12.8 Å². The fraction of sp³-hybridized carbons (Fsp3) is 0.406. The predicted octanol–water partition coefficient (Wildman–Crippen LogP) is 9.35. The van der Waals surface area contributed by atoms with Gasteiger partial charge in [0.2, 0.25) is 0 Å². The summed E-state index contributed by atoms with van der Waals surface area (Å²) in [5, 5.41) is 0. The van der Waals surface area contributed by atoms with Crippen LogP contribution >= 0.6 is 0 Å². The molecule has 3 aromatic rings. The normalized spacial score (nSPS) is 10.9. The van der Waals surface area contributed by atoms with Crippen LogP contribution in [0.3, 0.4) is 0 Å². The van der Waals surface area contributed by atoms with Gasteiger partial charge in [-0.2, -0.15) is 0 Å². The van der Waals surface area contributed by atoms with E-state index in [1.54, 1.807) is 18.2 Å². The van der Waals surface area contributed by atoms with E-state index in [0.717, 1.165) is 48.8 Å². The zero-order valence-electron chi connectivity index (χ0n) is 21.3. The number of halogens is 1. The van der Waals surface area contributed by atoms with Gasteiger partial charge in [0, 0.05) is 0 Å². The van der Waals surface area contributed by atoms with Crippen LogP contribution in [0.2, 0.25) is 0 Å². The lowest BCUT2D eigenvalue weighted by Gasteiger charge is -2.09. The van der Waals surface area contributed by atoms with Crippen LogP contribution in [0.25, 0.3) is 11.1 Å². The van der Waals surface area contributed by atoms with E-state index in [1.165, 1.54) is 50.2 Å². The van der Waals surface area contributed by atoms with Crippen molar-refractivity contribution in [2.45, 2.75) is 84.5 Å². The Morgan fingerprint density at radius 2 is 1.17 bits per heavy atom. The third-order valence-corrected chi connectivity index (χ3v) is 6.49. The molecule has 0 aliphatic heterocycles. The number of unbranched alkanes of at least 4 members (excludes halogenated alkanes) is 7. The second-order valence-electron chi connectivity index (χ2n) is 9.40. The largest absolute Gasteiger partial charge is 0.420 e. The Morgan fingerprint density at radius 1 is 0.657 bits per heavy atom. The molecule has 0 heterocycles. The van der Waals surface area contributed by atoms with Gasteiger partial charge in [-0.3, -0.25) is 0 Å². The summed E-state index contributed by atoms with van der Waals surface area (Å²) in [6.45, 7) is 4.39. The van der Waals surface area contributed by atoms with E-state index in [0.29, 0.717) is 5.56 Å². The number of esters is 1. The summed E-state index contributed by atoms with van der Waals surface area (Å²) < 4.78 is 19.8. The van der Waals surface area contributed by atoms with Crippen molar-refractivity contribution in [2.24, 2.45) is 0 Å². The van der Waals surface area contributed by atoms with Crippen LogP contribution in [0.15, 0.2) is 66.7 Å². The van der Waals surface area contributed by atoms with E-state index in [-0.39, 0.29) is 5.75 Å². The molecule has 0 radical (unpaired) electrons. The highest BCUT2D eigenvalue weighted by molar-refractivity contribution is 5.91. The molecule has 0 aliphatic rings. The second kappa shape index (κ2) is 14.5. The van der Waals surface area contributed by atoms with Crippen LogP contribution < -0.4 is 4.74 Å². The van der Waals surface area contributed by atoms with Crippen LogP contribution in [0.1, 0.15) is 93.1 Å². The van der Waals surface area contributed by atoms with E-state index in [1.807, 2.05) is 18.2 Å². The number of carbonyl (C=O) groups excluding carboxylic acids is 1. The smallest absolute Gasteiger partial charge is 0.343 e. The molecule has 0 spiro atoms. The zero-order chi connectivity index (χ0) is 24.9. The summed E-state index contributed by atoms with van der Waals surface area (Å²) in [4.78, 5) is 12.5. The van der Waals surface area contributed by atoms with Crippen molar-refractivity contribution in [1.29, 1.82) is 0 Å². The SMILES string of the molecule is CCCCCCCCc1ccc(-c2ccc(C(=O)Oc3ccc(CCCCC)cc3F)cc2)cc1. The fourth-order valence-corrected chi connectivity index (χ4v) is 4.29. The molecular formula is C32H39FO2. The first-order valence-electron chi connectivity index (χ1n) is 13.3. The molecule has 0 unspecified atom stereocenters. The van der Waals surface area contributed by atoms with Gasteiger partial charge in [-0.15, -0.1) is 0 Å². The molecule has 0 aliphatic carbocycles. The van der Waals surface area contributed by atoms with Crippen molar-refractivity contribution in [1.82, 2.24) is 0 Å². The van der Waals surface area contributed by atoms with Gasteiger partial charge in [-0.25, -0.2) is 9.18 Å². The average Bonchev–Trinajstić information content (AvgIpc) is 2.88. The van der Waals surface area contributed by atoms with Crippen molar-refractivity contribution in [3.63, 3.8) is 0 Å². The van der Waals surface area contributed by atoms with Crippen molar-refractivity contribution in [3.05, 3.63) is 89.2 Å². The number of rotatable bonds is 14. The molecule has 0 bridgehead atoms. The molecule has 0 N–H and O–H groups in total. The summed E-state index contributed by atoms with van der Waals surface area (Å²) in [6, 6.07) is 20.8. The Hall–Kier alpha value is -2.94. The maximum atomic E-state index is 14.4. The van der Waals surface area contributed by atoms with Crippen LogP contribution in [0.4, 0.5) is 4.39 Å². The van der Waals surface area contributed by atoms with Gasteiger partial charge in [0.25, 0.3) is 0 Å².